The third kappa shape index (κ3) is 7.70. The van der Waals surface area contributed by atoms with Gasteiger partial charge in [-0.15, -0.1) is 0 Å². The van der Waals surface area contributed by atoms with E-state index in [4.69, 9.17) is 0 Å². The molecule has 0 spiro atoms. The average molecular weight is 335 g/mol. The van der Waals surface area contributed by atoms with E-state index in [9.17, 15) is 4.79 Å². The van der Waals surface area contributed by atoms with Gasteiger partial charge in [0.2, 0.25) is 0 Å². The van der Waals surface area contributed by atoms with Crippen LogP contribution in [0.5, 0.6) is 0 Å². The molecule has 2 saturated carbocycles. The summed E-state index contributed by atoms with van der Waals surface area (Å²) in [6.45, 7) is 4.90. The van der Waals surface area contributed by atoms with E-state index < -0.39 is 0 Å². The summed E-state index contributed by atoms with van der Waals surface area (Å²) in [5.41, 5.74) is 0. The first-order chi connectivity index (χ1) is 11.7. The lowest BCUT2D eigenvalue weighted by molar-refractivity contribution is -0.112. The van der Waals surface area contributed by atoms with Gasteiger partial charge >= 0.3 is 0 Å². The molecule has 2 aliphatic rings. The molecule has 0 N–H and O–H groups in total. The Morgan fingerprint density at radius 2 is 1.29 bits per heavy atom. The van der Waals surface area contributed by atoms with E-state index in [-0.39, 0.29) is 0 Å². The summed E-state index contributed by atoms with van der Waals surface area (Å²) in [6, 6.07) is 0. The monoisotopic (exact) mass is 334 g/mol. The highest BCUT2D eigenvalue weighted by Crippen LogP contribution is 2.35. The second kappa shape index (κ2) is 11.3. The van der Waals surface area contributed by atoms with Gasteiger partial charge in [-0.3, -0.25) is 0 Å². The van der Waals surface area contributed by atoms with Crippen molar-refractivity contribution in [3.63, 3.8) is 0 Å². The van der Waals surface area contributed by atoms with Crippen LogP contribution in [0.4, 0.5) is 0 Å². The Labute approximate surface area is 151 Å². The molecule has 0 amide bonds. The molecule has 24 heavy (non-hydrogen) atoms. The summed E-state index contributed by atoms with van der Waals surface area (Å²) in [6.07, 6.45) is 22.1. The van der Waals surface area contributed by atoms with E-state index in [0.717, 1.165) is 30.1 Å². The Morgan fingerprint density at radius 3 is 1.92 bits per heavy atom. The van der Waals surface area contributed by atoms with Crippen molar-refractivity contribution >= 4 is 6.29 Å². The third-order valence-electron chi connectivity index (χ3n) is 6.77. The molecule has 0 aliphatic heterocycles. The van der Waals surface area contributed by atoms with E-state index in [0.29, 0.717) is 5.92 Å². The zero-order valence-electron chi connectivity index (χ0n) is 16.5. The van der Waals surface area contributed by atoms with Gasteiger partial charge in [0, 0.05) is 5.92 Å². The van der Waals surface area contributed by atoms with E-state index in [2.05, 4.69) is 13.8 Å². The molecule has 1 heteroatoms. The first kappa shape index (κ1) is 20.0. The van der Waals surface area contributed by atoms with Crippen LogP contribution >= 0.6 is 0 Å². The Bertz CT molecular complexity index is 327. The normalized spacial score (nSPS) is 34.2. The van der Waals surface area contributed by atoms with Crippen molar-refractivity contribution in [2.75, 3.05) is 0 Å². The van der Waals surface area contributed by atoms with Crippen LogP contribution in [0.2, 0.25) is 0 Å². The second-order valence-corrected chi connectivity index (χ2v) is 9.41. The molecule has 0 aromatic carbocycles. The van der Waals surface area contributed by atoms with Gasteiger partial charge in [0.05, 0.1) is 0 Å². The largest absolute Gasteiger partial charge is 0.303 e. The minimum Gasteiger partial charge on any atom is -0.303 e. The van der Waals surface area contributed by atoms with E-state index in [1.165, 1.54) is 96.2 Å². The molecule has 2 fully saturated rings. The number of hydrogen-bond acceptors (Lipinski definition) is 1. The van der Waals surface area contributed by atoms with Crippen LogP contribution in [0, 0.1) is 29.6 Å². The summed E-state index contributed by atoms with van der Waals surface area (Å²) in [5.74, 6) is 4.20. The van der Waals surface area contributed by atoms with Crippen molar-refractivity contribution in [1.29, 1.82) is 0 Å². The fourth-order valence-corrected chi connectivity index (χ4v) is 5.64. The number of hydrogen-bond donors (Lipinski definition) is 0. The maximum atomic E-state index is 10.9. The van der Waals surface area contributed by atoms with E-state index >= 15 is 0 Å². The lowest BCUT2D eigenvalue weighted by Crippen LogP contribution is -2.19. The molecule has 0 saturated heterocycles. The van der Waals surface area contributed by atoms with Crippen LogP contribution in [0.1, 0.15) is 110 Å². The first-order valence-electron chi connectivity index (χ1n) is 11.1. The zero-order valence-corrected chi connectivity index (χ0v) is 16.5. The van der Waals surface area contributed by atoms with Crippen molar-refractivity contribution in [2.45, 2.75) is 110 Å². The molecule has 2 aliphatic carbocycles. The Hall–Kier alpha value is -0.330. The van der Waals surface area contributed by atoms with Crippen LogP contribution < -0.4 is 0 Å². The van der Waals surface area contributed by atoms with E-state index in [1.807, 2.05) is 0 Å². The van der Waals surface area contributed by atoms with Gasteiger partial charge in [0.1, 0.15) is 6.29 Å². The van der Waals surface area contributed by atoms with Crippen molar-refractivity contribution in [1.82, 2.24) is 0 Å². The smallest absolute Gasteiger partial charge is 0.123 e. The van der Waals surface area contributed by atoms with Crippen LogP contribution in [0.3, 0.4) is 0 Å². The molecule has 0 heterocycles. The molecule has 0 bridgehead atoms. The summed E-state index contributed by atoms with van der Waals surface area (Å²) >= 11 is 0. The summed E-state index contributed by atoms with van der Waals surface area (Å²) < 4.78 is 0. The highest BCUT2D eigenvalue weighted by molar-refractivity contribution is 5.53. The fraction of sp³-hybridized carbons (Fsp3) is 0.957. The molecule has 140 valence electrons. The van der Waals surface area contributed by atoms with Gasteiger partial charge in [0.15, 0.2) is 0 Å². The molecule has 0 aromatic heterocycles. The Morgan fingerprint density at radius 1 is 0.708 bits per heavy atom. The summed E-state index contributed by atoms with van der Waals surface area (Å²) in [5, 5.41) is 0. The molecule has 4 atom stereocenters. The molecule has 4 unspecified atom stereocenters. The average Bonchev–Trinajstić information content (AvgIpc) is 2.56. The topological polar surface area (TPSA) is 17.1 Å². The number of aldehydes is 1. The van der Waals surface area contributed by atoms with Crippen molar-refractivity contribution in [3.8, 4) is 0 Å². The standard InChI is InChI=1S/C23H42O/c1-19-14-20(2)16-22(15-19)11-8-6-4-3-5-7-10-21-12-9-13-23(17-21)18-24/h18-23H,3-17H2,1-2H3. The van der Waals surface area contributed by atoms with Gasteiger partial charge < -0.3 is 4.79 Å². The fourth-order valence-electron chi connectivity index (χ4n) is 5.64. The number of carbonyl (C=O) groups excluding carboxylic acids is 1. The number of carbonyl (C=O) groups is 1. The van der Waals surface area contributed by atoms with Gasteiger partial charge in [-0.2, -0.15) is 0 Å². The molecular formula is C23H42O. The third-order valence-corrected chi connectivity index (χ3v) is 6.77. The predicted molar refractivity (Wildman–Crippen MR) is 104 cm³/mol. The molecular weight excluding hydrogens is 292 g/mol. The van der Waals surface area contributed by atoms with Gasteiger partial charge in [-0.1, -0.05) is 78.1 Å². The van der Waals surface area contributed by atoms with E-state index in [1.54, 1.807) is 0 Å². The molecule has 0 radical (unpaired) electrons. The van der Waals surface area contributed by atoms with Crippen molar-refractivity contribution in [2.24, 2.45) is 29.6 Å². The van der Waals surface area contributed by atoms with Gasteiger partial charge in [-0.25, -0.2) is 0 Å². The number of rotatable bonds is 10. The quantitative estimate of drug-likeness (QED) is 0.305. The minimum absolute atomic E-state index is 0.383. The van der Waals surface area contributed by atoms with Crippen LogP contribution in [0.25, 0.3) is 0 Å². The SMILES string of the molecule is CC1CC(C)CC(CCCCCCCCC2CCCC(C=O)C2)C1. The summed E-state index contributed by atoms with van der Waals surface area (Å²) in [7, 11) is 0. The van der Waals surface area contributed by atoms with Gasteiger partial charge in [-0.05, 0) is 55.8 Å². The summed E-state index contributed by atoms with van der Waals surface area (Å²) in [4.78, 5) is 10.9. The zero-order chi connectivity index (χ0) is 17.2. The molecule has 2 rings (SSSR count). The second-order valence-electron chi connectivity index (χ2n) is 9.41. The Balaban J connectivity index is 1.41. The number of unbranched alkanes of at least 4 members (excludes halogenated alkanes) is 5. The lowest BCUT2D eigenvalue weighted by atomic mass is 9.75. The van der Waals surface area contributed by atoms with Crippen LogP contribution in [0.15, 0.2) is 0 Å². The Kier molecular flexibility index (Phi) is 9.43. The molecule has 1 nitrogen and oxygen atoms in total. The molecule has 0 aromatic rings. The highest BCUT2D eigenvalue weighted by atomic mass is 16.1. The first-order valence-corrected chi connectivity index (χ1v) is 11.1. The predicted octanol–water partition coefficient (Wildman–Crippen LogP) is 7.18. The lowest BCUT2D eigenvalue weighted by Gasteiger charge is -2.31. The minimum atomic E-state index is 0.383. The van der Waals surface area contributed by atoms with Crippen molar-refractivity contribution < 1.29 is 4.79 Å². The highest BCUT2D eigenvalue weighted by Gasteiger charge is 2.23. The van der Waals surface area contributed by atoms with Gasteiger partial charge in [0.25, 0.3) is 0 Å². The maximum Gasteiger partial charge on any atom is 0.123 e. The van der Waals surface area contributed by atoms with Crippen LogP contribution in [-0.4, -0.2) is 6.29 Å². The van der Waals surface area contributed by atoms with Crippen LogP contribution in [-0.2, 0) is 4.79 Å². The van der Waals surface area contributed by atoms with Crippen molar-refractivity contribution in [3.05, 3.63) is 0 Å². The maximum absolute atomic E-state index is 10.9.